The van der Waals surface area contributed by atoms with Gasteiger partial charge in [-0.15, -0.1) is 0 Å². The molecule has 0 atom stereocenters. The van der Waals surface area contributed by atoms with E-state index in [0.717, 1.165) is 18.4 Å². The maximum Gasteiger partial charge on any atom is 0.262 e. The Morgan fingerprint density at radius 1 is 1.22 bits per heavy atom. The molecule has 1 fully saturated rings. The molecular formula is C20H19ClN4O2. The first-order valence-electron chi connectivity index (χ1n) is 8.87. The number of para-hydroxylation sites is 1. The molecule has 1 saturated carbocycles. The van der Waals surface area contributed by atoms with Gasteiger partial charge in [-0.25, -0.2) is 4.98 Å². The Bertz CT molecular complexity index is 1090. The monoisotopic (exact) mass is 382 g/mol. The topological polar surface area (TPSA) is 76.0 Å². The maximum atomic E-state index is 12.8. The number of carbonyl (C=O) groups is 1. The molecule has 0 unspecified atom stereocenters. The minimum absolute atomic E-state index is 0.143. The Kier molecular flexibility index (Phi) is 4.36. The van der Waals surface area contributed by atoms with Crippen molar-refractivity contribution in [2.75, 3.05) is 5.43 Å². The van der Waals surface area contributed by atoms with Gasteiger partial charge in [0.25, 0.3) is 5.56 Å². The van der Waals surface area contributed by atoms with Crippen molar-refractivity contribution in [1.29, 1.82) is 0 Å². The molecule has 138 valence electrons. The molecule has 7 heteroatoms. The molecule has 2 N–H and O–H groups in total. The van der Waals surface area contributed by atoms with E-state index in [1.54, 1.807) is 18.2 Å². The number of aromatic nitrogens is 2. The lowest BCUT2D eigenvalue weighted by molar-refractivity contribution is -0.123. The minimum Gasteiger partial charge on any atom is -0.277 e. The van der Waals surface area contributed by atoms with Crippen LogP contribution < -0.4 is 16.4 Å². The lowest BCUT2D eigenvalue weighted by atomic mass is 9.95. The molecule has 1 heterocycles. The molecule has 3 aromatic rings. The number of halogens is 1. The normalized spacial score (nSPS) is 14.7. The summed E-state index contributed by atoms with van der Waals surface area (Å²) in [6, 6.07) is 14.5. The first kappa shape index (κ1) is 17.5. The van der Waals surface area contributed by atoms with Gasteiger partial charge in [-0.3, -0.25) is 25.0 Å². The van der Waals surface area contributed by atoms with Crippen molar-refractivity contribution in [3.8, 4) is 0 Å². The number of fused-ring (bicyclic) bond motifs is 1. The van der Waals surface area contributed by atoms with Crippen molar-refractivity contribution < 1.29 is 4.79 Å². The number of nitrogens with zero attached hydrogens (tertiary/aromatic N) is 2. The van der Waals surface area contributed by atoms with Crippen molar-refractivity contribution in [2.24, 2.45) is 0 Å². The highest BCUT2D eigenvalue weighted by Gasteiger charge is 2.51. The highest BCUT2D eigenvalue weighted by Crippen LogP contribution is 2.48. The van der Waals surface area contributed by atoms with Gasteiger partial charge in [-0.05, 0) is 49.6 Å². The van der Waals surface area contributed by atoms with E-state index in [-0.39, 0.29) is 11.5 Å². The molecule has 27 heavy (non-hydrogen) atoms. The average Bonchev–Trinajstić information content (AvgIpc) is 3.48. The van der Waals surface area contributed by atoms with E-state index in [1.165, 1.54) is 4.57 Å². The number of hydrogen-bond donors (Lipinski definition) is 2. The lowest BCUT2D eigenvalue weighted by Crippen LogP contribution is -2.40. The van der Waals surface area contributed by atoms with Crippen LogP contribution in [-0.2, 0) is 16.8 Å². The van der Waals surface area contributed by atoms with Crippen LogP contribution in [-0.4, -0.2) is 15.5 Å². The zero-order chi connectivity index (χ0) is 19.0. The molecule has 1 amide bonds. The smallest absolute Gasteiger partial charge is 0.262 e. The second-order valence-electron chi connectivity index (χ2n) is 6.67. The maximum absolute atomic E-state index is 12.8. The van der Waals surface area contributed by atoms with Crippen LogP contribution in [0.1, 0.15) is 25.3 Å². The number of nitrogens with one attached hydrogen (secondary N) is 2. The van der Waals surface area contributed by atoms with Crippen molar-refractivity contribution >= 4 is 34.4 Å². The van der Waals surface area contributed by atoms with Crippen LogP contribution in [0.2, 0.25) is 5.02 Å². The van der Waals surface area contributed by atoms with Crippen LogP contribution in [0.5, 0.6) is 0 Å². The van der Waals surface area contributed by atoms with Crippen LogP contribution in [0.4, 0.5) is 5.95 Å². The molecule has 0 aliphatic heterocycles. The van der Waals surface area contributed by atoms with Gasteiger partial charge in [0.15, 0.2) is 0 Å². The van der Waals surface area contributed by atoms with Gasteiger partial charge in [0.05, 0.1) is 16.3 Å². The van der Waals surface area contributed by atoms with E-state index in [4.69, 9.17) is 11.6 Å². The number of amides is 1. The zero-order valence-corrected chi connectivity index (χ0v) is 15.6. The van der Waals surface area contributed by atoms with Crippen molar-refractivity contribution in [3.63, 3.8) is 0 Å². The van der Waals surface area contributed by atoms with Crippen molar-refractivity contribution in [1.82, 2.24) is 15.0 Å². The summed E-state index contributed by atoms with van der Waals surface area (Å²) in [5.74, 6) is 0.159. The lowest BCUT2D eigenvalue weighted by Gasteiger charge is -2.18. The molecule has 2 aromatic carbocycles. The van der Waals surface area contributed by atoms with Crippen molar-refractivity contribution in [2.45, 2.75) is 31.7 Å². The summed E-state index contributed by atoms with van der Waals surface area (Å²) in [4.78, 5) is 30.0. The number of anilines is 1. The van der Waals surface area contributed by atoms with Crippen LogP contribution in [0.15, 0.2) is 53.3 Å². The molecule has 1 aromatic heterocycles. The summed E-state index contributed by atoms with van der Waals surface area (Å²) in [5.41, 5.74) is 6.34. The summed E-state index contributed by atoms with van der Waals surface area (Å²) in [7, 11) is 0. The Morgan fingerprint density at radius 2 is 2.00 bits per heavy atom. The number of benzene rings is 2. The predicted molar refractivity (Wildman–Crippen MR) is 106 cm³/mol. The molecule has 0 saturated heterocycles. The molecule has 4 rings (SSSR count). The minimum atomic E-state index is -0.577. The quantitative estimate of drug-likeness (QED) is 0.664. The molecule has 1 aliphatic rings. The second kappa shape index (κ2) is 6.70. The van der Waals surface area contributed by atoms with Crippen LogP contribution in [0, 0.1) is 0 Å². The largest absolute Gasteiger partial charge is 0.277 e. The van der Waals surface area contributed by atoms with Gasteiger partial charge in [-0.1, -0.05) is 35.9 Å². The predicted octanol–water partition coefficient (Wildman–Crippen LogP) is 3.24. The first-order chi connectivity index (χ1) is 13.0. The van der Waals surface area contributed by atoms with E-state index >= 15 is 0 Å². The number of hydrazine groups is 1. The van der Waals surface area contributed by atoms with Gasteiger partial charge in [0, 0.05) is 11.6 Å². The van der Waals surface area contributed by atoms with Gasteiger partial charge >= 0.3 is 0 Å². The number of rotatable bonds is 5. The molecule has 6 nitrogen and oxygen atoms in total. The third-order valence-corrected chi connectivity index (χ3v) is 5.26. The molecular weight excluding hydrogens is 364 g/mol. The summed E-state index contributed by atoms with van der Waals surface area (Å²) in [6.07, 6.45) is 1.51. The SMILES string of the molecule is CCn1c(NNC(=O)C2(c3cccc(Cl)c3)CC2)nc2ccccc2c1=O. The highest BCUT2D eigenvalue weighted by molar-refractivity contribution is 6.30. The van der Waals surface area contributed by atoms with Gasteiger partial charge < -0.3 is 0 Å². The average molecular weight is 383 g/mol. The summed E-state index contributed by atoms with van der Waals surface area (Å²) in [6.45, 7) is 2.30. The fraction of sp³-hybridized carbons (Fsp3) is 0.250. The second-order valence-corrected chi connectivity index (χ2v) is 7.11. The number of carbonyl (C=O) groups excluding carboxylic acids is 1. The Balaban J connectivity index is 1.60. The van der Waals surface area contributed by atoms with Gasteiger partial charge in [0.2, 0.25) is 11.9 Å². The third kappa shape index (κ3) is 3.06. The van der Waals surface area contributed by atoms with E-state index in [0.29, 0.717) is 28.4 Å². The molecule has 0 bridgehead atoms. The molecule has 0 spiro atoms. The molecule has 0 radical (unpaired) electrons. The number of hydrogen-bond acceptors (Lipinski definition) is 4. The highest BCUT2D eigenvalue weighted by atomic mass is 35.5. The van der Waals surface area contributed by atoms with Crippen LogP contribution in [0.25, 0.3) is 10.9 Å². The summed E-state index contributed by atoms with van der Waals surface area (Å²) < 4.78 is 1.50. The van der Waals surface area contributed by atoms with Crippen LogP contribution >= 0.6 is 11.6 Å². The Labute approximate surface area is 161 Å². The standard InChI is InChI=1S/C20H19ClN4O2/c1-2-25-17(26)15-8-3-4-9-16(15)22-19(25)24-23-18(27)20(10-11-20)13-6-5-7-14(21)12-13/h3-9,12H,2,10-11H2,1H3,(H,22,24)(H,23,27). The van der Waals surface area contributed by atoms with E-state index < -0.39 is 5.41 Å². The fourth-order valence-electron chi connectivity index (χ4n) is 3.35. The van der Waals surface area contributed by atoms with E-state index in [2.05, 4.69) is 15.8 Å². The van der Waals surface area contributed by atoms with Gasteiger partial charge in [0.1, 0.15) is 0 Å². The third-order valence-electron chi connectivity index (χ3n) is 5.03. The fourth-order valence-corrected chi connectivity index (χ4v) is 3.54. The summed E-state index contributed by atoms with van der Waals surface area (Å²) >= 11 is 6.07. The summed E-state index contributed by atoms with van der Waals surface area (Å²) in [5, 5.41) is 1.16. The van der Waals surface area contributed by atoms with E-state index in [1.807, 2.05) is 37.3 Å². The van der Waals surface area contributed by atoms with Gasteiger partial charge in [-0.2, -0.15) is 0 Å². The van der Waals surface area contributed by atoms with Crippen molar-refractivity contribution in [3.05, 3.63) is 69.5 Å². The Hall–Kier alpha value is -2.86. The van der Waals surface area contributed by atoms with Crippen LogP contribution in [0.3, 0.4) is 0 Å². The first-order valence-corrected chi connectivity index (χ1v) is 9.25. The zero-order valence-electron chi connectivity index (χ0n) is 14.8. The Morgan fingerprint density at radius 3 is 2.70 bits per heavy atom. The molecule has 1 aliphatic carbocycles. The van der Waals surface area contributed by atoms with E-state index in [9.17, 15) is 9.59 Å².